The third kappa shape index (κ3) is 4.59. The zero-order valence-corrected chi connectivity index (χ0v) is 14.2. The molecule has 0 aromatic carbocycles. The van der Waals surface area contributed by atoms with Crippen molar-refractivity contribution in [2.24, 2.45) is 0 Å². The van der Waals surface area contributed by atoms with Crippen molar-refractivity contribution in [1.29, 1.82) is 0 Å². The lowest BCUT2D eigenvalue weighted by Crippen LogP contribution is -2.31. The van der Waals surface area contributed by atoms with Gasteiger partial charge in [0.15, 0.2) is 5.69 Å². The van der Waals surface area contributed by atoms with Crippen LogP contribution in [0.4, 0.5) is 0 Å². The molecule has 0 radical (unpaired) electrons. The highest BCUT2D eigenvalue weighted by molar-refractivity contribution is 7.72. The van der Waals surface area contributed by atoms with Crippen LogP contribution in [-0.4, -0.2) is 53.4 Å². The van der Waals surface area contributed by atoms with Gasteiger partial charge in [0.25, 0.3) is 5.08 Å². The number of rotatable bonds is 8. The Morgan fingerprint density at radius 3 is 2.22 bits per heavy atom. The molecule has 5 N–H and O–H groups in total. The van der Waals surface area contributed by atoms with Crippen LogP contribution in [0.15, 0.2) is 4.63 Å². The van der Waals surface area contributed by atoms with Gasteiger partial charge >= 0.3 is 15.2 Å². The molecule has 0 saturated heterocycles. The van der Waals surface area contributed by atoms with Crippen molar-refractivity contribution < 1.29 is 43.3 Å². The Hall–Kier alpha value is -0.840. The maximum absolute atomic E-state index is 11.2. The molecule has 0 atom stereocenters. The summed E-state index contributed by atoms with van der Waals surface area (Å²) < 4.78 is 26.8. The molecule has 1 rings (SSSR count). The maximum atomic E-state index is 11.2. The van der Waals surface area contributed by atoms with Crippen LogP contribution < -0.4 is 4.90 Å². The van der Waals surface area contributed by atoms with Crippen LogP contribution in [0.5, 0.6) is 0 Å². The average molecular weight is 375 g/mol. The number of aromatic nitrogens is 2. The Kier molecular flexibility index (Phi) is 6.11. The van der Waals surface area contributed by atoms with E-state index in [1.807, 2.05) is 0 Å². The molecule has 0 spiro atoms. The molecule has 0 aliphatic carbocycles. The Morgan fingerprint density at radius 2 is 1.83 bits per heavy atom. The molecule has 0 aliphatic rings. The van der Waals surface area contributed by atoms with Crippen molar-refractivity contribution in [3.05, 3.63) is 16.6 Å². The molecule has 12 nitrogen and oxygen atoms in total. The molecular formula is C9H19N3O9P2. The molecule has 14 heteroatoms. The van der Waals surface area contributed by atoms with E-state index in [0.717, 1.165) is 0 Å². The van der Waals surface area contributed by atoms with E-state index in [-0.39, 0.29) is 30.1 Å². The van der Waals surface area contributed by atoms with Crippen LogP contribution >= 0.6 is 15.2 Å². The van der Waals surface area contributed by atoms with Gasteiger partial charge in [-0.25, -0.2) is 0 Å². The first-order valence-corrected chi connectivity index (χ1v) is 9.59. The second-order valence-electron chi connectivity index (χ2n) is 5.17. The molecule has 134 valence electrons. The molecule has 0 amide bonds. The smallest absolute Gasteiger partial charge is 0.368 e. The summed E-state index contributed by atoms with van der Waals surface area (Å²) in [5.41, 5.74) is 0.599. The van der Waals surface area contributed by atoms with Gasteiger partial charge in [-0.3, -0.25) is 18.7 Å². The fourth-order valence-corrected chi connectivity index (χ4v) is 4.10. The standard InChI is InChI=1S/C9H19N3O9P2/c1-7-8(10-21-12(7)14)6-11(2)5-3-4-9(13,22(15,16)17)23(18,19)20/h13H,3-6H2,1-2H3,(H2,15,16,17)(H2,18,19,20). The van der Waals surface area contributed by atoms with E-state index in [2.05, 4.69) is 9.79 Å². The lowest BCUT2D eigenvalue weighted by atomic mass is 10.2. The molecule has 1 heterocycles. The topological polar surface area (TPSA) is 192 Å². The third-order valence-electron chi connectivity index (χ3n) is 3.32. The van der Waals surface area contributed by atoms with Crippen LogP contribution in [0.25, 0.3) is 0 Å². The summed E-state index contributed by atoms with van der Waals surface area (Å²) in [4.78, 5) is 37.8. The van der Waals surface area contributed by atoms with E-state index < -0.39 is 26.7 Å². The highest BCUT2D eigenvalue weighted by Gasteiger charge is 2.58. The van der Waals surface area contributed by atoms with Crippen LogP contribution in [0.3, 0.4) is 0 Å². The van der Waals surface area contributed by atoms with Crippen LogP contribution in [0.1, 0.15) is 24.2 Å². The quantitative estimate of drug-likeness (QED) is 0.272. The number of hydrogen-bond acceptors (Lipinski definition) is 7. The fraction of sp³-hybridized carbons (Fsp3) is 0.778. The van der Waals surface area contributed by atoms with Crippen molar-refractivity contribution in [3.63, 3.8) is 0 Å². The van der Waals surface area contributed by atoms with Crippen molar-refractivity contribution in [2.45, 2.75) is 31.4 Å². The zero-order valence-electron chi connectivity index (χ0n) is 12.4. The molecule has 23 heavy (non-hydrogen) atoms. The number of nitrogens with zero attached hydrogens (tertiary/aromatic N) is 3. The SMILES string of the molecule is Cc1c(CN(C)CCCC(O)(P(=O)(O)O)P(=O)(O)O)no[n+]1[O-]. The zero-order chi connectivity index (χ0) is 18.1. The predicted molar refractivity (Wildman–Crippen MR) is 74.8 cm³/mol. The Morgan fingerprint density at radius 1 is 1.30 bits per heavy atom. The summed E-state index contributed by atoms with van der Waals surface area (Å²) in [6.07, 6.45) is -0.914. The first kappa shape index (κ1) is 20.2. The second-order valence-corrected chi connectivity index (χ2v) is 9.17. The summed E-state index contributed by atoms with van der Waals surface area (Å²) in [5.74, 6) is 0. The van der Waals surface area contributed by atoms with Crippen LogP contribution in [0, 0.1) is 12.1 Å². The number of hydrogen-bond donors (Lipinski definition) is 5. The molecule has 0 unspecified atom stereocenters. The van der Waals surface area contributed by atoms with Crippen LogP contribution in [-0.2, 0) is 15.7 Å². The molecule has 1 aromatic heterocycles. The molecular weight excluding hydrogens is 356 g/mol. The average Bonchev–Trinajstić information content (AvgIpc) is 2.68. The van der Waals surface area contributed by atoms with Gasteiger partial charge in [0.05, 0.1) is 6.54 Å². The van der Waals surface area contributed by atoms with Gasteiger partial charge in [-0.2, -0.15) is 0 Å². The summed E-state index contributed by atoms with van der Waals surface area (Å²) in [5, 5.41) is 20.9. The van der Waals surface area contributed by atoms with Gasteiger partial charge in [0.2, 0.25) is 5.69 Å². The first-order chi connectivity index (χ1) is 10.3. The monoisotopic (exact) mass is 375 g/mol. The molecule has 0 fully saturated rings. The Balaban J connectivity index is 2.66. The highest BCUT2D eigenvalue weighted by atomic mass is 31.2. The summed E-state index contributed by atoms with van der Waals surface area (Å²) in [7, 11) is -9.28. The lowest BCUT2D eigenvalue weighted by Gasteiger charge is -2.29. The summed E-state index contributed by atoms with van der Waals surface area (Å²) in [6, 6.07) is 0. The normalized spacial score (nSPS) is 13.7. The van der Waals surface area contributed by atoms with Gasteiger partial charge < -0.3 is 29.9 Å². The number of aliphatic hydroxyl groups is 1. The van der Waals surface area contributed by atoms with E-state index in [1.165, 1.54) is 6.92 Å². The van der Waals surface area contributed by atoms with E-state index in [0.29, 0.717) is 5.69 Å². The minimum Gasteiger partial charge on any atom is -0.368 e. The molecule has 1 aromatic rings. The second kappa shape index (κ2) is 6.96. The summed E-state index contributed by atoms with van der Waals surface area (Å²) in [6.45, 7) is 1.80. The van der Waals surface area contributed by atoms with Crippen molar-refractivity contribution in [1.82, 2.24) is 10.1 Å². The van der Waals surface area contributed by atoms with Crippen molar-refractivity contribution >= 4 is 15.2 Å². The lowest BCUT2D eigenvalue weighted by molar-refractivity contribution is -0.806. The maximum Gasteiger partial charge on any atom is 0.369 e. The molecule has 0 bridgehead atoms. The van der Waals surface area contributed by atoms with E-state index in [1.54, 1.807) is 11.9 Å². The van der Waals surface area contributed by atoms with Gasteiger partial charge in [-0.1, -0.05) is 0 Å². The highest BCUT2D eigenvalue weighted by Crippen LogP contribution is 2.69. The third-order valence-corrected chi connectivity index (χ3v) is 7.20. The van der Waals surface area contributed by atoms with E-state index in [9.17, 15) is 19.4 Å². The Bertz CT molecular complexity index is 614. The van der Waals surface area contributed by atoms with Crippen molar-refractivity contribution in [3.8, 4) is 0 Å². The van der Waals surface area contributed by atoms with E-state index >= 15 is 0 Å². The van der Waals surface area contributed by atoms with Gasteiger partial charge in [-0.15, -0.1) is 0 Å². The minimum absolute atomic E-state index is 0.114. The minimum atomic E-state index is -5.44. The molecule has 0 saturated carbocycles. The largest absolute Gasteiger partial charge is 0.369 e. The van der Waals surface area contributed by atoms with E-state index in [4.69, 9.17) is 19.6 Å². The Labute approximate surface area is 131 Å². The van der Waals surface area contributed by atoms with Gasteiger partial charge in [0.1, 0.15) is 0 Å². The van der Waals surface area contributed by atoms with Crippen LogP contribution in [0.2, 0.25) is 0 Å². The predicted octanol–water partition coefficient (Wildman–Crippen LogP) is -1.17. The van der Waals surface area contributed by atoms with Gasteiger partial charge in [-0.05, 0) is 24.9 Å². The first-order valence-electron chi connectivity index (χ1n) is 6.37. The van der Waals surface area contributed by atoms with Gasteiger partial charge in [0, 0.05) is 18.5 Å². The molecule has 0 aliphatic heterocycles. The summed E-state index contributed by atoms with van der Waals surface area (Å²) >= 11 is 0. The van der Waals surface area contributed by atoms with Crippen molar-refractivity contribution in [2.75, 3.05) is 13.6 Å². The fourth-order valence-electron chi connectivity index (χ4n) is 1.84.